The highest BCUT2D eigenvalue weighted by Crippen LogP contribution is 2.48. The maximum atomic E-state index is 6.80. The second-order valence-corrected chi connectivity index (χ2v) is 15.1. The van der Waals surface area contributed by atoms with Crippen molar-refractivity contribution in [2.45, 2.75) is 0 Å². The van der Waals surface area contributed by atoms with Crippen LogP contribution in [0.2, 0.25) is 0 Å². The molecular formula is C56H34O2. The Morgan fingerprint density at radius 2 is 0.759 bits per heavy atom. The number of hydrogen-bond acceptors (Lipinski definition) is 2. The van der Waals surface area contributed by atoms with E-state index < -0.39 is 0 Å². The first-order valence-electron chi connectivity index (χ1n) is 19.8. The summed E-state index contributed by atoms with van der Waals surface area (Å²) in [6, 6.07) is 73.9. The fourth-order valence-electron chi connectivity index (χ4n) is 9.34. The molecule has 58 heavy (non-hydrogen) atoms. The van der Waals surface area contributed by atoms with Crippen molar-refractivity contribution in [3.63, 3.8) is 0 Å². The summed E-state index contributed by atoms with van der Waals surface area (Å²) in [6.07, 6.45) is 0. The Kier molecular flexibility index (Phi) is 7.26. The van der Waals surface area contributed by atoms with Gasteiger partial charge in [0.25, 0.3) is 0 Å². The summed E-state index contributed by atoms with van der Waals surface area (Å²) in [7, 11) is 0. The molecule has 0 fully saturated rings. The van der Waals surface area contributed by atoms with Crippen LogP contribution in [0, 0.1) is 0 Å². The zero-order valence-electron chi connectivity index (χ0n) is 31.4. The van der Waals surface area contributed by atoms with E-state index in [1.807, 2.05) is 0 Å². The molecule has 0 saturated heterocycles. The zero-order chi connectivity index (χ0) is 38.2. The van der Waals surface area contributed by atoms with Gasteiger partial charge in [-0.15, -0.1) is 0 Å². The van der Waals surface area contributed by atoms with Crippen molar-refractivity contribution in [1.82, 2.24) is 0 Å². The molecule has 0 bridgehead atoms. The number of benzene rings is 10. The molecule has 0 atom stereocenters. The van der Waals surface area contributed by atoms with E-state index in [4.69, 9.17) is 8.83 Å². The quantitative estimate of drug-likeness (QED) is 0.164. The second kappa shape index (κ2) is 12.9. The molecule has 0 amide bonds. The molecular weight excluding hydrogens is 705 g/mol. The average molecular weight is 739 g/mol. The highest BCUT2D eigenvalue weighted by atomic mass is 16.3. The Balaban J connectivity index is 1.11. The van der Waals surface area contributed by atoms with Crippen molar-refractivity contribution < 1.29 is 8.83 Å². The third-order valence-electron chi connectivity index (χ3n) is 11.9. The van der Waals surface area contributed by atoms with Gasteiger partial charge in [-0.3, -0.25) is 0 Å². The minimum Gasteiger partial charge on any atom is -0.456 e. The van der Waals surface area contributed by atoms with Gasteiger partial charge in [-0.2, -0.15) is 0 Å². The molecule has 0 saturated carbocycles. The van der Waals surface area contributed by atoms with Gasteiger partial charge in [0.2, 0.25) is 0 Å². The number of rotatable bonds is 5. The lowest BCUT2D eigenvalue weighted by Crippen LogP contribution is -1.92. The lowest BCUT2D eigenvalue weighted by molar-refractivity contribution is 0.663. The fourth-order valence-corrected chi connectivity index (χ4v) is 9.34. The van der Waals surface area contributed by atoms with E-state index in [0.29, 0.717) is 0 Å². The van der Waals surface area contributed by atoms with Gasteiger partial charge in [0.1, 0.15) is 22.3 Å². The monoisotopic (exact) mass is 738 g/mol. The van der Waals surface area contributed by atoms with E-state index in [9.17, 15) is 0 Å². The molecule has 10 aromatic carbocycles. The summed E-state index contributed by atoms with van der Waals surface area (Å²) < 4.78 is 13.4. The average Bonchev–Trinajstić information content (AvgIpc) is 3.88. The van der Waals surface area contributed by atoms with Gasteiger partial charge in [-0.05, 0) is 114 Å². The summed E-state index contributed by atoms with van der Waals surface area (Å²) in [4.78, 5) is 0. The topological polar surface area (TPSA) is 26.3 Å². The molecule has 0 spiro atoms. The molecule has 2 heterocycles. The van der Waals surface area contributed by atoms with Gasteiger partial charge in [0, 0.05) is 16.2 Å². The van der Waals surface area contributed by atoms with Crippen LogP contribution in [0.4, 0.5) is 0 Å². The SMILES string of the molecule is c1ccc(-c2ccc3c(-c4cccc(-c5cccc6oc7ccc8c(oc9cccc(-c%10ccccc%10)c98)c7c56)c4)c4ccccc4c(-c4ccccc4)c3c2)cc1. The molecule has 0 aliphatic heterocycles. The van der Waals surface area contributed by atoms with E-state index in [0.717, 1.165) is 66.1 Å². The lowest BCUT2D eigenvalue weighted by atomic mass is 9.84. The minimum absolute atomic E-state index is 0.814. The first-order chi connectivity index (χ1) is 28.8. The summed E-state index contributed by atoms with van der Waals surface area (Å²) >= 11 is 0. The largest absolute Gasteiger partial charge is 0.456 e. The summed E-state index contributed by atoms with van der Waals surface area (Å²) in [5.41, 5.74) is 15.2. The molecule has 0 unspecified atom stereocenters. The Hall–Kier alpha value is -7.68. The van der Waals surface area contributed by atoms with E-state index >= 15 is 0 Å². The molecule has 12 aromatic rings. The van der Waals surface area contributed by atoms with E-state index in [-0.39, 0.29) is 0 Å². The molecule has 0 aliphatic carbocycles. The van der Waals surface area contributed by atoms with E-state index in [1.165, 1.54) is 54.9 Å². The molecule has 2 heteroatoms. The molecule has 2 aromatic heterocycles. The molecule has 12 rings (SSSR count). The van der Waals surface area contributed by atoms with Gasteiger partial charge < -0.3 is 8.83 Å². The minimum atomic E-state index is 0.814. The Labute approximate surface area is 334 Å². The first-order valence-corrected chi connectivity index (χ1v) is 19.8. The highest BCUT2D eigenvalue weighted by molar-refractivity contribution is 6.27. The van der Waals surface area contributed by atoms with Crippen LogP contribution >= 0.6 is 0 Å². The van der Waals surface area contributed by atoms with Crippen LogP contribution in [0.5, 0.6) is 0 Å². The summed E-state index contributed by atoms with van der Waals surface area (Å²) in [5, 5.41) is 9.17. The first kappa shape index (κ1) is 32.6. The molecule has 0 N–H and O–H groups in total. The van der Waals surface area contributed by atoms with Crippen molar-refractivity contribution in [3.8, 4) is 55.6 Å². The van der Waals surface area contributed by atoms with Gasteiger partial charge in [-0.25, -0.2) is 0 Å². The van der Waals surface area contributed by atoms with Gasteiger partial charge >= 0.3 is 0 Å². The third kappa shape index (κ3) is 4.99. The van der Waals surface area contributed by atoms with Crippen LogP contribution in [0.1, 0.15) is 0 Å². The predicted octanol–water partition coefficient (Wildman–Crippen LogP) is 16.1. The van der Waals surface area contributed by atoms with Crippen molar-refractivity contribution >= 4 is 65.4 Å². The van der Waals surface area contributed by atoms with Gasteiger partial charge in [0.05, 0.1) is 5.39 Å². The van der Waals surface area contributed by atoms with Crippen LogP contribution < -0.4 is 0 Å². The van der Waals surface area contributed by atoms with Crippen LogP contribution in [-0.4, -0.2) is 0 Å². The maximum Gasteiger partial charge on any atom is 0.147 e. The zero-order valence-corrected chi connectivity index (χ0v) is 31.4. The summed E-state index contributed by atoms with van der Waals surface area (Å²) in [6.45, 7) is 0. The number of fused-ring (bicyclic) bond motifs is 9. The predicted molar refractivity (Wildman–Crippen MR) is 243 cm³/mol. The number of furan rings is 2. The number of hydrogen-bond donors (Lipinski definition) is 0. The van der Waals surface area contributed by atoms with Crippen molar-refractivity contribution in [3.05, 3.63) is 206 Å². The second-order valence-electron chi connectivity index (χ2n) is 15.1. The van der Waals surface area contributed by atoms with Crippen LogP contribution in [0.15, 0.2) is 215 Å². The van der Waals surface area contributed by atoms with Crippen molar-refractivity contribution in [2.75, 3.05) is 0 Å². The summed E-state index contributed by atoms with van der Waals surface area (Å²) in [5.74, 6) is 0. The Bertz CT molecular complexity index is 3540. The normalized spacial score (nSPS) is 11.8. The maximum absolute atomic E-state index is 6.80. The van der Waals surface area contributed by atoms with Crippen LogP contribution in [0.3, 0.4) is 0 Å². The molecule has 2 nitrogen and oxygen atoms in total. The van der Waals surface area contributed by atoms with E-state index in [1.54, 1.807) is 0 Å². The fraction of sp³-hybridized carbons (Fsp3) is 0. The highest BCUT2D eigenvalue weighted by Gasteiger charge is 2.22. The molecule has 270 valence electrons. The van der Waals surface area contributed by atoms with Gasteiger partial charge in [0.15, 0.2) is 0 Å². The van der Waals surface area contributed by atoms with Crippen molar-refractivity contribution in [2.24, 2.45) is 0 Å². The van der Waals surface area contributed by atoms with Crippen LogP contribution in [0.25, 0.3) is 121 Å². The third-order valence-corrected chi connectivity index (χ3v) is 11.9. The van der Waals surface area contributed by atoms with Gasteiger partial charge in [-0.1, -0.05) is 170 Å². The van der Waals surface area contributed by atoms with Crippen LogP contribution in [-0.2, 0) is 0 Å². The smallest absolute Gasteiger partial charge is 0.147 e. The Morgan fingerprint density at radius 1 is 0.241 bits per heavy atom. The molecule has 0 aliphatic rings. The molecule has 0 radical (unpaired) electrons. The standard InChI is InChI=1S/C56H34O2/c1-4-15-35(16-5-1)38-29-30-45-47(34-38)51(37-19-8-3-9-20-37)43-23-10-11-24-44(43)52(45)40-22-12-21-39(33-40)42-26-14-28-49-54(42)55-50(57-49)32-31-46-53-41(36-17-6-2-7-18-36)25-13-27-48(53)58-56(46)55/h1-34H. The lowest BCUT2D eigenvalue weighted by Gasteiger charge is -2.19. The Morgan fingerprint density at radius 3 is 1.48 bits per heavy atom. The van der Waals surface area contributed by atoms with Crippen molar-refractivity contribution in [1.29, 1.82) is 0 Å². The van der Waals surface area contributed by atoms with E-state index in [2.05, 4.69) is 206 Å².